The van der Waals surface area contributed by atoms with Gasteiger partial charge in [-0.05, 0) is 97.2 Å². The van der Waals surface area contributed by atoms with Crippen LogP contribution in [0.5, 0.6) is 0 Å². The van der Waals surface area contributed by atoms with Crippen LogP contribution < -0.4 is 0 Å². The van der Waals surface area contributed by atoms with Crippen LogP contribution in [0, 0.1) is 62.4 Å². The lowest BCUT2D eigenvalue weighted by molar-refractivity contribution is -0.531. The van der Waals surface area contributed by atoms with E-state index < -0.39 is 0 Å². The molecule has 0 saturated heterocycles. The summed E-state index contributed by atoms with van der Waals surface area (Å²) in [4.78, 5) is 11.4. The normalized spacial score (nSPS) is 46.7. The molecule has 4 rings (SSSR count). The highest BCUT2D eigenvalue weighted by molar-refractivity contribution is 5.09. The quantitative estimate of drug-likeness (QED) is 0.327. The minimum absolute atomic E-state index is 0.0197. The van der Waals surface area contributed by atoms with Crippen LogP contribution >= 0.6 is 0 Å². The molecule has 0 radical (unpaired) electrons. The maximum atomic E-state index is 11.4. The Kier molecular flexibility index (Phi) is 6.32. The smallest absolute Gasteiger partial charge is 0.213 e. The van der Waals surface area contributed by atoms with Crippen LogP contribution in [0.25, 0.3) is 0 Å². The lowest BCUT2D eigenvalue weighted by Gasteiger charge is -2.60. The van der Waals surface area contributed by atoms with Crippen molar-refractivity contribution in [1.82, 2.24) is 0 Å². The molecule has 4 aliphatic rings. The summed E-state index contributed by atoms with van der Waals surface area (Å²) in [6.45, 7) is 12.5. The molecule has 0 N–H and O–H groups in total. The van der Waals surface area contributed by atoms with E-state index in [0.29, 0.717) is 16.7 Å². The Balaban J connectivity index is 1.45. The van der Waals surface area contributed by atoms with Crippen LogP contribution in [0.15, 0.2) is 0 Å². The van der Waals surface area contributed by atoms with Gasteiger partial charge in [0.25, 0.3) is 0 Å². The Labute approximate surface area is 185 Å². The summed E-state index contributed by atoms with van der Waals surface area (Å²) in [7, 11) is 0. The Bertz CT molecular complexity index is 632. The molecule has 3 nitrogen and oxygen atoms in total. The number of hydrogen-bond donors (Lipinski definition) is 0. The SMILES string of the molecule is CC(C)CCC[C@@H](C)C1CCC2C3CCC4C[C@H]([N+](=O)[O-])CCC4(C)C3CCC21C. The highest BCUT2D eigenvalue weighted by Crippen LogP contribution is 2.68. The zero-order valence-electron chi connectivity index (χ0n) is 20.4. The van der Waals surface area contributed by atoms with Crippen LogP contribution in [0.1, 0.15) is 112 Å². The van der Waals surface area contributed by atoms with E-state index in [9.17, 15) is 10.1 Å². The molecule has 0 amide bonds. The predicted octanol–water partition coefficient (Wildman–Crippen LogP) is 7.75. The van der Waals surface area contributed by atoms with Gasteiger partial charge in [0.15, 0.2) is 0 Å². The van der Waals surface area contributed by atoms with Gasteiger partial charge in [0.2, 0.25) is 6.04 Å². The molecule has 7 unspecified atom stereocenters. The summed E-state index contributed by atoms with van der Waals surface area (Å²) in [6, 6.07) is -0.268. The Morgan fingerprint density at radius 3 is 2.30 bits per heavy atom. The first-order valence-corrected chi connectivity index (χ1v) is 13.3. The van der Waals surface area contributed by atoms with Gasteiger partial charge < -0.3 is 0 Å². The highest BCUT2D eigenvalue weighted by atomic mass is 16.6. The molecule has 0 heterocycles. The first-order valence-electron chi connectivity index (χ1n) is 13.3. The van der Waals surface area contributed by atoms with Crippen molar-refractivity contribution < 1.29 is 4.92 Å². The summed E-state index contributed by atoms with van der Waals surface area (Å²) in [5, 5.41) is 11.4. The van der Waals surface area contributed by atoms with Crippen molar-refractivity contribution in [2.24, 2.45) is 52.3 Å². The maximum Gasteiger partial charge on any atom is 0.213 e. The molecule has 0 aromatic heterocycles. The fraction of sp³-hybridized carbons (Fsp3) is 1.00. The van der Waals surface area contributed by atoms with Crippen molar-refractivity contribution in [3.8, 4) is 0 Å². The summed E-state index contributed by atoms with van der Waals surface area (Å²) in [5.41, 5.74) is 0.928. The fourth-order valence-corrected chi connectivity index (χ4v) is 9.45. The minimum atomic E-state index is -0.268. The third kappa shape index (κ3) is 3.75. The molecule has 4 aliphatic carbocycles. The van der Waals surface area contributed by atoms with Crippen LogP contribution in [0.2, 0.25) is 0 Å². The van der Waals surface area contributed by atoms with Crippen LogP contribution in [-0.4, -0.2) is 11.0 Å². The van der Waals surface area contributed by atoms with Gasteiger partial charge in [0, 0.05) is 17.8 Å². The Morgan fingerprint density at radius 1 is 0.900 bits per heavy atom. The maximum absolute atomic E-state index is 11.4. The van der Waals surface area contributed by atoms with Crippen molar-refractivity contribution in [1.29, 1.82) is 0 Å². The standard InChI is InChI=1S/C27H47NO2/c1-18(2)7-6-8-19(3)23-11-12-24-22-10-9-20-17-21(28(29)30)13-15-26(20,4)25(22)14-16-27(23,24)5/h18-25H,6-17H2,1-5H3/t19-,20?,21-,22?,23?,24?,25?,26?,27?/m1/s1. The van der Waals surface area contributed by atoms with E-state index >= 15 is 0 Å². The summed E-state index contributed by atoms with van der Waals surface area (Å²) in [6.07, 6.45) is 15.3. The third-order valence-corrected chi connectivity index (χ3v) is 11.1. The third-order valence-electron chi connectivity index (χ3n) is 11.1. The van der Waals surface area contributed by atoms with E-state index in [1.165, 1.54) is 57.8 Å². The largest absolute Gasteiger partial charge is 0.264 e. The van der Waals surface area contributed by atoms with Gasteiger partial charge in [-0.2, -0.15) is 0 Å². The van der Waals surface area contributed by atoms with Gasteiger partial charge in [-0.1, -0.05) is 53.9 Å². The van der Waals surface area contributed by atoms with Crippen molar-refractivity contribution in [3.05, 3.63) is 10.1 Å². The molecule has 4 fully saturated rings. The number of nitro groups is 1. The molecular weight excluding hydrogens is 370 g/mol. The van der Waals surface area contributed by atoms with E-state index in [1.54, 1.807) is 0 Å². The lowest BCUT2D eigenvalue weighted by atomic mass is 9.44. The molecule has 0 aromatic carbocycles. The number of nitrogens with zero attached hydrogens (tertiary/aromatic N) is 1. The van der Waals surface area contributed by atoms with E-state index in [4.69, 9.17) is 0 Å². The van der Waals surface area contributed by atoms with Gasteiger partial charge in [-0.15, -0.1) is 0 Å². The molecule has 9 atom stereocenters. The van der Waals surface area contributed by atoms with E-state index in [1.807, 2.05) is 0 Å². The number of rotatable bonds is 6. The second kappa shape index (κ2) is 8.39. The van der Waals surface area contributed by atoms with Crippen molar-refractivity contribution in [2.45, 2.75) is 118 Å². The van der Waals surface area contributed by atoms with Crippen LogP contribution in [-0.2, 0) is 0 Å². The Hall–Kier alpha value is -0.600. The second-order valence-corrected chi connectivity index (χ2v) is 12.9. The number of hydrogen-bond acceptors (Lipinski definition) is 2. The van der Waals surface area contributed by atoms with Gasteiger partial charge in [-0.25, -0.2) is 0 Å². The van der Waals surface area contributed by atoms with Gasteiger partial charge in [-0.3, -0.25) is 10.1 Å². The molecule has 30 heavy (non-hydrogen) atoms. The molecule has 0 spiro atoms. The first kappa shape index (κ1) is 22.6. The highest BCUT2D eigenvalue weighted by Gasteiger charge is 2.61. The molecule has 4 saturated carbocycles. The topological polar surface area (TPSA) is 43.1 Å². The average molecular weight is 418 g/mol. The molecule has 0 aromatic rings. The van der Waals surface area contributed by atoms with Gasteiger partial charge in [0.1, 0.15) is 0 Å². The molecule has 172 valence electrons. The van der Waals surface area contributed by atoms with Crippen LogP contribution in [0.3, 0.4) is 0 Å². The predicted molar refractivity (Wildman–Crippen MR) is 124 cm³/mol. The zero-order chi connectivity index (χ0) is 21.7. The van der Waals surface area contributed by atoms with Gasteiger partial charge in [0.05, 0.1) is 0 Å². The summed E-state index contributed by atoms with van der Waals surface area (Å²) >= 11 is 0. The molecular formula is C27H47NO2. The monoisotopic (exact) mass is 417 g/mol. The van der Waals surface area contributed by atoms with Gasteiger partial charge >= 0.3 is 0 Å². The van der Waals surface area contributed by atoms with Crippen molar-refractivity contribution >= 4 is 0 Å². The van der Waals surface area contributed by atoms with E-state index in [2.05, 4.69) is 34.6 Å². The van der Waals surface area contributed by atoms with Crippen molar-refractivity contribution in [3.63, 3.8) is 0 Å². The first-order chi connectivity index (χ1) is 14.2. The Morgan fingerprint density at radius 2 is 1.60 bits per heavy atom. The summed E-state index contributed by atoms with van der Waals surface area (Å²) < 4.78 is 0. The van der Waals surface area contributed by atoms with Crippen molar-refractivity contribution in [2.75, 3.05) is 0 Å². The van der Waals surface area contributed by atoms with E-state index in [-0.39, 0.29) is 11.0 Å². The molecule has 0 bridgehead atoms. The average Bonchev–Trinajstić information content (AvgIpc) is 3.04. The fourth-order valence-electron chi connectivity index (χ4n) is 9.45. The number of fused-ring (bicyclic) bond motifs is 5. The second-order valence-electron chi connectivity index (χ2n) is 12.9. The molecule has 3 heteroatoms. The van der Waals surface area contributed by atoms with E-state index in [0.717, 1.165) is 54.8 Å². The zero-order valence-corrected chi connectivity index (χ0v) is 20.4. The summed E-state index contributed by atoms with van der Waals surface area (Å²) in [5.74, 6) is 5.87. The lowest BCUT2D eigenvalue weighted by Crippen LogP contribution is -2.54. The van der Waals surface area contributed by atoms with Crippen LogP contribution in [0.4, 0.5) is 0 Å². The minimum Gasteiger partial charge on any atom is -0.264 e. The molecule has 0 aliphatic heterocycles.